The zero-order chi connectivity index (χ0) is 13.8. The lowest BCUT2D eigenvalue weighted by Crippen LogP contribution is -2.43. The van der Waals surface area contributed by atoms with Crippen molar-refractivity contribution in [2.75, 3.05) is 24.5 Å². The van der Waals surface area contributed by atoms with Gasteiger partial charge >= 0.3 is 0 Å². The summed E-state index contributed by atoms with van der Waals surface area (Å²) >= 11 is 0. The molecule has 106 valence electrons. The van der Waals surface area contributed by atoms with E-state index in [0.717, 1.165) is 32.6 Å². The molecule has 2 unspecified atom stereocenters. The summed E-state index contributed by atoms with van der Waals surface area (Å²) in [6, 6.07) is 6.64. The molecule has 0 bridgehead atoms. The van der Waals surface area contributed by atoms with E-state index in [4.69, 9.17) is 0 Å². The molecule has 2 N–H and O–H groups in total. The minimum absolute atomic E-state index is 0.199. The van der Waals surface area contributed by atoms with Crippen LogP contribution in [-0.4, -0.2) is 30.8 Å². The average molecular weight is 262 g/mol. The second-order valence-corrected chi connectivity index (χ2v) is 5.68. The van der Waals surface area contributed by atoms with Crippen molar-refractivity contribution < 1.29 is 5.11 Å². The lowest BCUT2D eigenvalue weighted by Gasteiger charge is -2.36. The van der Waals surface area contributed by atoms with E-state index in [1.165, 1.54) is 16.8 Å². The number of rotatable bonds is 4. The molecule has 1 aliphatic rings. The number of benzene rings is 1. The van der Waals surface area contributed by atoms with E-state index in [1.807, 2.05) is 0 Å². The van der Waals surface area contributed by atoms with Gasteiger partial charge < -0.3 is 15.3 Å². The van der Waals surface area contributed by atoms with Gasteiger partial charge in [-0.1, -0.05) is 26.0 Å². The second kappa shape index (κ2) is 6.40. The predicted molar refractivity (Wildman–Crippen MR) is 80.6 cm³/mol. The van der Waals surface area contributed by atoms with Gasteiger partial charge in [0.1, 0.15) is 0 Å². The molecule has 1 saturated heterocycles. The van der Waals surface area contributed by atoms with Gasteiger partial charge in [-0.3, -0.25) is 0 Å². The minimum atomic E-state index is -0.199. The Morgan fingerprint density at radius 1 is 1.42 bits per heavy atom. The lowest BCUT2D eigenvalue weighted by atomic mass is 9.95. The quantitative estimate of drug-likeness (QED) is 0.874. The van der Waals surface area contributed by atoms with Gasteiger partial charge in [-0.15, -0.1) is 0 Å². The molecule has 1 aliphatic heterocycles. The highest BCUT2D eigenvalue weighted by molar-refractivity contribution is 5.55. The van der Waals surface area contributed by atoms with E-state index in [0.29, 0.717) is 5.92 Å². The highest BCUT2D eigenvalue weighted by atomic mass is 16.3. The van der Waals surface area contributed by atoms with Crippen LogP contribution in [0.2, 0.25) is 0 Å². The summed E-state index contributed by atoms with van der Waals surface area (Å²) in [5.41, 5.74) is 3.90. The number of hydrogen-bond acceptors (Lipinski definition) is 3. The number of hydrogen-bond donors (Lipinski definition) is 2. The topological polar surface area (TPSA) is 35.5 Å². The van der Waals surface area contributed by atoms with Crippen molar-refractivity contribution in [3.05, 3.63) is 29.3 Å². The lowest BCUT2D eigenvalue weighted by molar-refractivity contribution is 0.103. The summed E-state index contributed by atoms with van der Waals surface area (Å²) in [6.07, 6.45) is 0.870. The average Bonchev–Trinajstić information content (AvgIpc) is 2.40. The first kappa shape index (κ1) is 14.4. The highest BCUT2D eigenvalue weighted by Gasteiger charge is 2.24. The van der Waals surface area contributed by atoms with Crippen LogP contribution in [0.3, 0.4) is 0 Å². The van der Waals surface area contributed by atoms with E-state index >= 15 is 0 Å². The Kier molecular flexibility index (Phi) is 4.83. The Hall–Kier alpha value is -1.06. The van der Waals surface area contributed by atoms with Gasteiger partial charge in [-0.05, 0) is 43.0 Å². The molecule has 1 aromatic carbocycles. The number of aryl methyl sites for hydroxylation is 1. The Labute approximate surface area is 116 Å². The van der Waals surface area contributed by atoms with Gasteiger partial charge in [-0.2, -0.15) is 0 Å². The second-order valence-electron chi connectivity index (χ2n) is 5.68. The van der Waals surface area contributed by atoms with Crippen molar-refractivity contribution in [3.63, 3.8) is 0 Å². The molecule has 2 rings (SSSR count). The molecule has 0 spiro atoms. The Balaban J connectivity index is 2.08. The molecule has 3 heteroatoms. The zero-order valence-electron chi connectivity index (χ0n) is 12.3. The summed E-state index contributed by atoms with van der Waals surface area (Å²) in [4.78, 5) is 2.32. The molecule has 0 amide bonds. The van der Waals surface area contributed by atoms with E-state index < -0.39 is 0 Å². The predicted octanol–water partition coefficient (Wildman–Crippen LogP) is 2.31. The minimum Gasteiger partial charge on any atom is -0.391 e. The number of β-amino-alcohol motifs (C(OH)–C–C–N with tert-alkyl or cyclic N) is 1. The van der Waals surface area contributed by atoms with Crippen LogP contribution in [0.5, 0.6) is 0 Å². The molecular weight excluding hydrogens is 236 g/mol. The van der Waals surface area contributed by atoms with Crippen LogP contribution in [-0.2, 0) is 6.54 Å². The standard InChI is InChI=1S/C16H26N2O/c1-4-17-10-14-5-6-15(13(3)9-14)18-8-7-12(2)16(19)11-18/h5-6,9,12,16-17,19H,4,7-8,10-11H2,1-3H3. The molecule has 1 aromatic rings. The van der Waals surface area contributed by atoms with E-state index in [2.05, 4.69) is 49.2 Å². The molecule has 3 nitrogen and oxygen atoms in total. The van der Waals surface area contributed by atoms with E-state index in [9.17, 15) is 5.11 Å². The maximum atomic E-state index is 10.0. The number of nitrogens with one attached hydrogen (secondary N) is 1. The fourth-order valence-corrected chi connectivity index (χ4v) is 2.72. The summed E-state index contributed by atoms with van der Waals surface area (Å²) in [5.74, 6) is 0.421. The summed E-state index contributed by atoms with van der Waals surface area (Å²) < 4.78 is 0. The van der Waals surface area contributed by atoms with Crippen LogP contribution < -0.4 is 10.2 Å². The van der Waals surface area contributed by atoms with Crippen molar-refractivity contribution in [1.82, 2.24) is 5.32 Å². The van der Waals surface area contributed by atoms with Gasteiger partial charge in [0.2, 0.25) is 0 Å². The molecule has 19 heavy (non-hydrogen) atoms. The van der Waals surface area contributed by atoms with Gasteiger partial charge in [0.15, 0.2) is 0 Å². The fraction of sp³-hybridized carbons (Fsp3) is 0.625. The third-order valence-corrected chi connectivity index (χ3v) is 4.10. The van der Waals surface area contributed by atoms with Gasteiger partial charge in [0, 0.05) is 25.3 Å². The molecule has 1 fully saturated rings. The fourth-order valence-electron chi connectivity index (χ4n) is 2.72. The van der Waals surface area contributed by atoms with Crippen molar-refractivity contribution in [1.29, 1.82) is 0 Å². The summed E-state index contributed by atoms with van der Waals surface area (Å²) in [5, 5.41) is 13.4. The van der Waals surface area contributed by atoms with Crippen molar-refractivity contribution >= 4 is 5.69 Å². The number of nitrogens with zero attached hydrogens (tertiary/aromatic N) is 1. The monoisotopic (exact) mass is 262 g/mol. The normalized spacial score (nSPS) is 23.7. The van der Waals surface area contributed by atoms with E-state index in [-0.39, 0.29) is 6.10 Å². The van der Waals surface area contributed by atoms with Gasteiger partial charge in [-0.25, -0.2) is 0 Å². The first-order valence-electron chi connectivity index (χ1n) is 7.35. The smallest absolute Gasteiger partial charge is 0.0741 e. The van der Waals surface area contributed by atoms with Crippen LogP contribution >= 0.6 is 0 Å². The zero-order valence-corrected chi connectivity index (χ0v) is 12.3. The summed E-state index contributed by atoms with van der Waals surface area (Å²) in [6.45, 7) is 10.1. The van der Waals surface area contributed by atoms with Crippen molar-refractivity contribution in [3.8, 4) is 0 Å². The molecule has 0 saturated carbocycles. The maximum Gasteiger partial charge on any atom is 0.0741 e. The number of anilines is 1. The Morgan fingerprint density at radius 3 is 2.84 bits per heavy atom. The molecule has 1 heterocycles. The summed E-state index contributed by atoms with van der Waals surface area (Å²) in [7, 11) is 0. The first-order valence-corrected chi connectivity index (χ1v) is 7.35. The third-order valence-electron chi connectivity index (χ3n) is 4.10. The molecule has 2 atom stereocenters. The Morgan fingerprint density at radius 2 is 2.21 bits per heavy atom. The molecule has 0 aliphatic carbocycles. The number of aliphatic hydroxyl groups is 1. The third kappa shape index (κ3) is 3.48. The van der Waals surface area contributed by atoms with Crippen LogP contribution in [0.4, 0.5) is 5.69 Å². The van der Waals surface area contributed by atoms with Crippen LogP contribution in [0.25, 0.3) is 0 Å². The molecule has 0 aromatic heterocycles. The number of piperidine rings is 1. The maximum absolute atomic E-state index is 10.0. The molecule has 0 radical (unpaired) electrons. The first-order chi connectivity index (χ1) is 9.11. The highest BCUT2D eigenvalue weighted by Crippen LogP contribution is 2.26. The van der Waals surface area contributed by atoms with Crippen LogP contribution in [0.15, 0.2) is 18.2 Å². The SMILES string of the molecule is CCNCc1ccc(N2CCC(C)C(O)C2)c(C)c1. The van der Waals surface area contributed by atoms with Crippen molar-refractivity contribution in [2.24, 2.45) is 5.92 Å². The van der Waals surface area contributed by atoms with Crippen LogP contribution in [0.1, 0.15) is 31.4 Å². The van der Waals surface area contributed by atoms with E-state index in [1.54, 1.807) is 0 Å². The number of aliphatic hydroxyl groups excluding tert-OH is 1. The van der Waals surface area contributed by atoms with Crippen LogP contribution in [0, 0.1) is 12.8 Å². The van der Waals surface area contributed by atoms with Crippen molar-refractivity contribution in [2.45, 2.75) is 39.8 Å². The largest absolute Gasteiger partial charge is 0.391 e. The molecular formula is C16H26N2O. The van der Waals surface area contributed by atoms with Gasteiger partial charge in [0.25, 0.3) is 0 Å². The Bertz CT molecular complexity index is 419. The van der Waals surface area contributed by atoms with Gasteiger partial charge in [0.05, 0.1) is 6.10 Å².